The van der Waals surface area contributed by atoms with Gasteiger partial charge in [-0.15, -0.1) is 11.8 Å². The number of carbonyl (C=O) groups is 16. The molecule has 1 fully saturated rings. The van der Waals surface area contributed by atoms with Gasteiger partial charge in [-0.25, -0.2) is 0 Å². The zero-order chi connectivity index (χ0) is 99.6. The first-order valence-corrected chi connectivity index (χ1v) is 46.3. The number of likely N-dealkylation sites (N-methyl/N-ethyl adjacent to an activating group) is 4. The van der Waals surface area contributed by atoms with E-state index < -0.39 is 216 Å². The third-order valence-electron chi connectivity index (χ3n) is 23.4. The lowest BCUT2D eigenvalue weighted by molar-refractivity contribution is -0.149. The number of H-pyrrole nitrogens is 1. The zero-order valence-corrected chi connectivity index (χ0v) is 78.9. The van der Waals surface area contributed by atoms with Crippen molar-refractivity contribution in [2.24, 2.45) is 23.3 Å². The monoisotopic (exact) mass is 1890 g/mol. The number of hydrogen-bond donors (Lipinski definition) is 18. The number of phenols is 2. The molecule has 13 atom stereocenters. The number of phenolic OH excluding ortho intramolecular Hbond substituents is 2. The van der Waals surface area contributed by atoms with Crippen LogP contribution in [0, 0.1) is 17.2 Å². The first-order valence-electron chi connectivity index (χ1n) is 45.1. The number of para-hydroxylation sites is 1. The molecule has 730 valence electrons. The van der Waals surface area contributed by atoms with E-state index in [1.54, 1.807) is 156 Å². The summed E-state index contributed by atoms with van der Waals surface area (Å²) < 4.78 is 0. The summed E-state index contributed by atoms with van der Waals surface area (Å²) >= 11 is 0.817. The molecular weight excluding hydrogens is 1770 g/mol. The molecule has 1 aliphatic heterocycles. The van der Waals surface area contributed by atoms with Gasteiger partial charge in [0, 0.05) is 95.6 Å². The number of fused-ring (bicyclic) bond motifs is 1. The van der Waals surface area contributed by atoms with E-state index in [1.165, 1.54) is 76.7 Å². The number of thioether (sulfide) groups is 1. The highest BCUT2D eigenvalue weighted by Gasteiger charge is 2.44. The van der Waals surface area contributed by atoms with E-state index >= 15 is 52.7 Å². The van der Waals surface area contributed by atoms with E-state index in [4.69, 9.17) is 16.9 Å². The number of aromatic hydroxyl groups is 2. The van der Waals surface area contributed by atoms with E-state index in [0.717, 1.165) is 31.4 Å². The topological polar surface area (TPSA) is 571 Å². The van der Waals surface area contributed by atoms with Gasteiger partial charge in [-0.1, -0.05) is 188 Å². The quantitative estimate of drug-likeness (QED) is 0.0199. The van der Waals surface area contributed by atoms with Gasteiger partial charge in [0.05, 0.1) is 25.3 Å². The van der Waals surface area contributed by atoms with Gasteiger partial charge in [-0.3, -0.25) is 82.1 Å². The predicted octanol–water partition coefficient (Wildman–Crippen LogP) is 2.18. The Balaban J connectivity index is 1.25. The fraction of sp³-hybridized carbons (Fsp3) is 0.433. The number of nitrogens with zero attached hydrogens (tertiary/aromatic N) is 4. The standard InChI is InChI=1S/C97H127N19O19S/c1-11-12-34-77-91(130)106-69(33-24-43-101-97(99)100)86(125)109-73(50-82(122)123)90(129)112-83(57(4)5)96(135)116(10)84(58(6)63-29-20-15-21-30-63)92(131)110-74(47-62-37-41-66(118)42-38-62)93(132)113(7)53-80(120)104-72(49-64-51-102-68-32-23-22-31-67(64)68)89(128)108-71(45-61-35-39-65(117)40-36-61)88(127)107-70(44-56(2)3)87(126)111-76(85(124)103-52-79(98)119)54-136-55-81(121)105-75(46-59-25-16-13-17-26-59)94(133)115(9)78(95(134)114(77)8)48-60-27-18-14-19-28-60/h13-23,25-32,35-42,51,56-58,69-78,83-84,102,117-118H,11-12,24,33-34,43-50,52-55H2,1-10H3,(H2,98,119)(H,103,124)(H,104,120)(H,105,121)(H,106,130)(H,107,127)(H,108,128)(H,109,125)(H,110,131)(H,111,126)(H,112,129)(H,122,123)(H4,99,100,101). The summed E-state index contributed by atoms with van der Waals surface area (Å²) in [7, 11) is 5.23. The Labute approximate surface area is 794 Å². The summed E-state index contributed by atoms with van der Waals surface area (Å²) in [6, 6.07) is 25.0. The van der Waals surface area contributed by atoms with Crippen LogP contribution in [0.25, 0.3) is 10.9 Å². The van der Waals surface area contributed by atoms with Crippen molar-refractivity contribution in [2.75, 3.05) is 59.3 Å². The van der Waals surface area contributed by atoms with Crippen molar-refractivity contribution in [1.82, 2.24) is 83.1 Å². The molecular formula is C97H127N19O19S. The van der Waals surface area contributed by atoms with Gasteiger partial charge in [-0.05, 0) is 101 Å². The maximum atomic E-state index is 15.7. The van der Waals surface area contributed by atoms with Gasteiger partial charge in [-0.2, -0.15) is 0 Å². The normalized spacial score (nSPS) is 22.0. The van der Waals surface area contributed by atoms with Gasteiger partial charge >= 0.3 is 5.97 Å². The minimum absolute atomic E-state index is 0.00377. The van der Waals surface area contributed by atoms with Crippen LogP contribution in [0.5, 0.6) is 11.5 Å². The zero-order valence-electron chi connectivity index (χ0n) is 78.1. The largest absolute Gasteiger partial charge is 0.508 e. The summed E-state index contributed by atoms with van der Waals surface area (Å²) in [4.78, 5) is 246. The molecule has 1 aliphatic rings. The minimum Gasteiger partial charge on any atom is -0.508 e. The number of nitrogens with two attached hydrogens (primary N) is 2. The number of carboxylic acid groups (broad SMARTS) is 1. The van der Waals surface area contributed by atoms with Crippen LogP contribution in [0.4, 0.5) is 0 Å². The third kappa shape index (κ3) is 32.5. The molecule has 1 saturated heterocycles. The number of rotatable bonds is 27. The molecule has 0 aliphatic carbocycles. The van der Waals surface area contributed by atoms with E-state index in [-0.39, 0.29) is 81.7 Å². The fourth-order valence-corrected chi connectivity index (χ4v) is 16.8. The molecule has 0 bridgehead atoms. The number of amides is 15. The maximum Gasteiger partial charge on any atom is 0.305 e. The first kappa shape index (κ1) is 107. The van der Waals surface area contributed by atoms with E-state index in [0.29, 0.717) is 57.1 Å². The average Bonchev–Trinajstić information content (AvgIpc) is 1.12. The van der Waals surface area contributed by atoms with Gasteiger partial charge < -0.3 is 110 Å². The SMILES string of the molecule is CCCCC1C(=O)NC(CCCNC(=N)N)C(=O)NC(CC(=O)O)C(=O)NC(C(C)C)C(=O)N(C)C(C(C)c2ccccc2)C(=O)NC(Cc2ccc(O)cc2)C(=O)N(C)CC(=O)NC(Cc2c[nH]c3ccccc23)C(=O)NC(Cc2ccc(O)cc2)C(=O)NC(CC(C)C)C(=O)NC(C(=O)NCC(N)=O)CSCC(=O)NC(Cc2ccccc2)C(=O)N(C)C(Cc2ccccc2)C(=O)N1C. The Morgan fingerprint density at radius 2 is 0.978 bits per heavy atom. The lowest BCUT2D eigenvalue weighted by atomic mass is 9.90. The molecule has 6 aromatic carbocycles. The third-order valence-corrected chi connectivity index (χ3v) is 24.4. The van der Waals surface area contributed by atoms with Crippen LogP contribution in [-0.2, 0) is 109 Å². The van der Waals surface area contributed by atoms with Crippen LogP contribution in [0.2, 0.25) is 0 Å². The van der Waals surface area contributed by atoms with Gasteiger partial charge in [0.2, 0.25) is 88.6 Å². The molecule has 38 nitrogen and oxygen atoms in total. The van der Waals surface area contributed by atoms with Crippen molar-refractivity contribution in [3.8, 4) is 11.5 Å². The van der Waals surface area contributed by atoms with E-state index in [2.05, 4.69) is 63.5 Å². The van der Waals surface area contributed by atoms with E-state index in [9.17, 15) is 39.3 Å². The van der Waals surface area contributed by atoms with E-state index in [1.807, 2.05) is 6.92 Å². The van der Waals surface area contributed by atoms with Crippen molar-refractivity contribution >= 4 is 123 Å². The maximum absolute atomic E-state index is 15.7. The predicted molar refractivity (Wildman–Crippen MR) is 510 cm³/mol. The fourth-order valence-electron chi connectivity index (χ4n) is 15.9. The van der Waals surface area contributed by atoms with Gasteiger partial charge in [0.15, 0.2) is 5.96 Å². The Bertz CT molecular complexity index is 5310. The lowest BCUT2D eigenvalue weighted by Gasteiger charge is -2.37. The van der Waals surface area contributed by atoms with Gasteiger partial charge in [0.25, 0.3) is 0 Å². The van der Waals surface area contributed by atoms with Crippen LogP contribution in [-0.4, -0.2) is 272 Å². The van der Waals surface area contributed by atoms with Crippen LogP contribution in [0.3, 0.4) is 0 Å². The molecule has 2 heterocycles. The number of carbonyl (C=O) groups excluding carboxylic acids is 15. The summed E-state index contributed by atoms with van der Waals surface area (Å²) in [5.41, 5.74) is 14.7. The van der Waals surface area contributed by atoms with Crippen molar-refractivity contribution in [3.63, 3.8) is 0 Å². The molecule has 136 heavy (non-hydrogen) atoms. The minimum atomic E-state index is -2.00. The Morgan fingerprint density at radius 3 is 1.55 bits per heavy atom. The first-order chi connectivity index (χ1) is 64.7. The second kappa shape index (κ2) is 52.3. The Morgan fingerprint density at radius 1 is 0.485 bits per heavy atom. The number of aromatic nitrogens is 1. The number of carboxylic acids is 1. The van der Waals surface area contributed by atoms with Crippen LogP contribution in [0.1, 0.15) is 126 Å². The molecule has 7 aromatic rings. The molecule has 15 amide bonds. The number of primary amides is 1. The molecule has 20 N–H and O–H groups in total. The number of hydrogen-bond acceptors (Lipinski definition) is 20. The van der Waals surface area contributed by atoms with Crippen LogP contribution < -0.4 is 70.0 Å². The summed E-state index contributed by atoms with van der Waals surface area (Å²) in [6.07, 6.45) is -0.326. The highest BCUT2D eigenvalue weighted by atomic mass is 32.2. The van der Waals surface area contributed by atoms with Crippen LogP contribution in [0.15, 0.2) is 170 Å². The Hall–Kier alpha value is -14.4. The molecule has 13 unspecified atom stereocenters. The number of nitrogens with one attached hydrogen (secondary N) is 13. The smallest absolute Gasteiger partial charge is 0.305 e. The number of benzene rings is 6. The van der Waals surface area contributed by atoms with Crippen molar-refractivity contribution in [2.45, 2.75) is 197 Å². The van der Waals surface area contributed by atoms with Gasteiger partial charge in [0.1, 0.15) is 84.0 Å². The molecule has 8 rings (SSSR count). The number of guanidine groups is 1. The van der Waals surface area contributed by atoms with Crippen molar-refractivity contribution in [1.29, 1.82) is 5.41 Å². The summed E-state index contributed by atoms with van der Waals surface area (Å²) in [5, 5.41) is 69.2. The summed E-state index contributed by atoms with van der Waals surface area (Å²) in [6.45, 7) is 8.50. The molecule has 0 saturated carbocycles. The molecule has 0 radical (unpaired) electrons. The molecule has 1 aromatic heterocycles. The van der Waals surface area contributed by atoms with Crippen LogP contribution >= 0.6 is 11.8 Å². The second-order valence-electron chi connectivity index (χ2n) is 34.8. The number of aromatic amines is 1. The highest BCUT2D eigenvalue weighted by Crippen LogP contribution is 2.28. The Kier molecular flexibility index (Phi) is 41.1. The van der Waals surface area contributed by atoms with Crippen molar-refractivity contribution < 1.29 is 92.0 Å². The second-order valence-corrected chi connectivity index (χ2v) is 35.8. The molecule has 0 spiro atoms. The lowest BCUT2D eigenvalue weighted by Crippen LogP contribution is -2.62. The number of aliphatic carboxylic acids is 1. The van der Waals surface area contributed by atoms with Crippen molar-refractivity contribution in [3.05, 3.63) is 203 Å². The number of unbranched alkanes of at least 4 members (excludes halogenated alkanes) is 1. The average molecular weight is 1900 g/mol. The highest BCUT2D eigenvalue weighted by molar-refractivity contribution is 8.00. The molecule has 39 heteroatoms. The summed E-state index contributed by atoms with van der Waals surface area (Å²) in [5.74, 6) is -19.5.